The lowest BCUT2D eigenvalue weighted by molar-refractivity contribution is -0.149. The van der Waals surface area contributed by atoms with Crippen molar-refractivity contribution in [3.63, 3.8) is 0 Å². The molecule has 1 rings (SSSR count). The molecule has 0 aromatic carbocycles. The number of carbonyl (C=O) groups excluding carboxylic acids is 1. The third kappa shape index (κ3) is 3.00. The minimum atomic E-state index is -0.101. The van der Waals surface area contributed by atoms with E-state index in [-0.39, 0.29) is 18.6 Å². The maximum atomic E-state index is 11.4. The molecular weight excluding hydrogens is 180 g/mol. The molecule has 4 nitrogen and oxygen atoms in total. The molecule has 0 bridgehead atoms. The van der Waals surface area contributed by atoms with E-state index in [0.29, 0.717) is 18.9 Å². The summed E-state index contributed by atoms with van der Waals surface area (Å²) in [5.74, 6) is 0.493. The molecule has 0 N–H and O–H groups in total. The Morgan fingerprint density at radius 1 is 1.71 bits per heavy atom. The zero-order valence-corrected chi connectivity index (χ0v) is 8.69. The summed E-state index contributed by atoms with van der Waals surface area (Å²) < 4.78 is 5.23. The van der Waals surface area contributed by atoms with Crippen LogP contribution in [0.5, 0.6) is 0 Å². The van der Waals surface area contributed by atoms with E-state index in [1.165, 1.54) is 0 Å². The molecule has 1 atom stereocenters. The summed E-state index contributed by atoms with van der Waals surface area (Å²) in [5.41, 5.74) is 0. The first kappa shape index (κ1) is 11.0. The molecule has 1 aliphatic rings. The van der Waals surface area contributed by atoms with Gasteiger partial charge in [0.25, 0.3) is 0 Å². The second-order valence-corrected chi connectivity index (χ2v) is 3.99. The Hall–Kier alpha value is -1.08. The maximum Gasteiger partial charge on any atom is 0.248 e. The lowest BCUT2D eigenvalue weighted by Crippen LogP contribution is -2.47. The van der Waals surface area contributed by atoms with E-state index in [9.17, 15) is 4.79 Å². The monoisotopic (exact) mass is 196 g/mol. The second-order valence-electron chi connectivity index (χ2n) is 3.99. The van der Waals surface area contributed by atoms with Gasteiger partial charge in [-0.3, -0.25) is 4.79 Å². The first-order valence-corrected chi connectivity index (χ1v) is 4.89. The maximum absolute atomic E-state index is 11.4. The fourth-order valence-corrected chi connectivity index (χ4v) is 1.52. The summed E-state index contributed by atoms with van der Waals surface area (Å²) in [6, 6.07) is 2.06. The van der Waals surface area contributed by atoms with Gasteiger partial charge in [-0.1, -0.05) is 13.8 Å². The molecule has 0 aromatic heterocycles. The largest absolute Gasteiger partial charge is 0.365 e. The van der Waals surface area contributed by atoms with Crippen molar-refractivity contribution >= 4 is 5.91 Å². The quantitative estimate of drug-likeness (QED) is 0.670. The van der Waals surface area contributed by atoms with Gasteiger partial charge in [0, 0.05) is 13.1 Å². The molecule has 0 saturated carbocycles. The molecule has 1 aliphatic heterocycles. The predicted octanol–water partition coefficient (Wildman–Crippen LogP) is 0.783. The van der Waals surface area contributed by atoms with E-state index >= 15 is 0 Å². The normalized spacial score (nSPS) is 22.6. The van der Waals surface area contributed by atoms with Gasteiger partial charge >= 0.3 is 0 Å². The van der Waals surface area contributed by atoms with Crippen LogP contribution in [0.15, 0.2) is 0 Å². The zero-order valence-electron chi connectivity index (χ0n) is 8.69. The van der Waals surface area contributed by atoms with Crippen molar-refractivity contribution in [1.82, 2.24) is 4.90 Å². The Balaban J connectivity index is 2.47. The number of ether oxygens (including phenoxy) is 1. The molecule has 14 heavy (non-hydrogen) atoms. The fraction of sp³-hybridized carbons (Fsp3) is 0.800. The summed E-state index contributed by atoms with van der Waals surface area (Å²) >= 11 is 0. The molecule has 0 radical (unpaired) electrons. The number of carbonyl (C=O) groups is 1. The SMILES string of the molecule is CC(C)CN1CC(CC#N)OCC1=O. The highest BCUT2D eigenvalue weighted by atomic mass is 16.5. The van der Waals surface area contributed by atoms with E-state index in [4.69, 9.17) is 10.00 Å². The van der Waals surface area contributed by atoms with Crippen LogP contribution >= 0.6 is 0 Å². The van der Waals surface area contributed by atoms with E-state index < -0.39 is 0 Å². The Bertz CT molecular complexity index is 245. The molecule has 1 amide bonds. The van der Waals surface area contributed by atoms with Crippen LogP contribution in [0.4, 0.5) is 0 Å². The van der Waals surface area contributed by atoms with Crippen LogP contribution in [0.1, 0.15) is 20.3 Å². The number of nitrogens with zero attached hydrogens (tertiary/aromatic N) is 2. The third-order valence-electron chi connectivity index (χ3n) is 2.12. The highest BCUT2D eigenvalue weighted by Crippen LogP contribution is 2.11. The minimum absolute atomic E-state index is 0.0351. The average Bonchev–Trinajstić information content (AvgIpc) is 2.10. The number of nitriles is 1. The van der Waals surface area contributed by atoms with Gasteiger partial charge in [-0.05, 0) is 5.92 Å². The average molecular weight is 196 g/mol. The minimum Gasteiger partial charge on any atom is -0.365 e. The van der Waals surface area contributed by atoms with Crippen molar-refractivity contribution in [3.8, 4) is 6.07 Å². The lowest BCUT2D eigenvalue weighted by atomic mass is 10.1. The summed E-state index contributed by atoms with van der Waals surface area (Å²) in [5, 5.41) is 8.52. The summed E-state index contributed by atoms with van der Waals surface area (Å²) in [4.78, 5) is 13.2. The lowest BCUT2D eigenvalue weighted by Gasteiger charge is -2.32. The van der Waals surface area contributed by atoms with Gasteiger partial charge in [0.05, 0.1) is 18.6 Å². The van der Waals surface area contributed by atoms with Crippen molar-refractivity contribution in [1.29, 1.82) is 5.26 Å². The summed E-state index contributed by atoms with van der Waals surface area (Å²) in [6.45, 7) is 5.58. The van der Waals surface area contributed by atoms with Crippen molar-refractivity contribution in [2.45, 2.75) is 26.4 Å². The molecule has 0 aliphatic carbocycles. The number of morpholine rings is 1. The highest BCUT2D eigenvalue weighted by Gasteiger charge is 2.26. The van der Waals surface area contributed by atoms with Crippen LogP contribution in [0.2, 0.25) is 0 Å². The van der Waals surface area contributed by atoms with E-state index in [2.05, 4.69) is 19.9 Å². The van der Waals surface area contributed by atoms with Crippen LogP contribution in [-0.2, 0) is 9.53 Å². The van der Waals surface area contributed by atoms with Crippen LogP contribution in [0.3, 0.4) is 0 Å². The Labute approximate surface area is 84.4 Å². The van der Waals surface area contributed by atoms with E-state index in [1.807, 2.05) is 0 Å². The van der Waals surface area contributed by atoms with Crippen LogP contribution in [0, 0.1) is 17.2 Å². The molecular formula is C10H16N2O2. The fourth-order valence-electron chi connectivity index (χ4n) is 1.52. The molecule has 0 spiro atoms. The van der Waals surface area contributed by atoms with Gasteiger partial charge in [-0.15, -0.1) is 0 Å². The van der Waals surface area contributed by atoms with Gasteiger partial charge in [-0.25, -0.2) is 0 Å². The molecule has 4 heteroatoms. The highest BCUT2D eigenvalue weighted by molar-refractivity contribution is 5.78. The summed E-state index contributed by atoms with van der Waals surface area (Å²) in [7, 11) is 0. The van der Waals surface area contributed by atoms with Crippen LogP contribution in [0.25, 0.3) is 0 Å². The standard InChI is InChI=1S/C10H16N2O2/c1-8(2)5-12-6-9(3-4-11)14-7-10(12)13/h8-9H,3,5-7H2,1-2H3. The smallest absolute Gasteiger partial charge is 0.248 e. The zero-order chi connectivity index (χ0) is 10.6. The number of rotatable bonds is 3. The first-order chi connectivity index (χ1) is 6.63. The van der Waals surface area contributed by atoms with Crippen LogP contribution in [-0.4, -0.2) is 36.6 Å². The molecule has 78 valence electrons. The van der Waals surface area contributed by atoms with Crippen molar-refractivity contribution in [2.75, 3.05) is 19.7 Å². The third-order valence-corrected chi connectivity index (χ3v) is 2.12. The van der Waals surface area contributed by atoms with Gasteiger partial charge in [0.1, 0.15) is 6.61 Å². The Kier molecular flexibility index (Phi) is 3.90. The van der Waals surface area contributed by atoms with E-state index in [0.717, 1.165) is 6.54 Å². The second kappa shape index (κ2) is 4.97. The number of hydrogen-bond donors (Lipinski definition) is 0. The van der Waals surface area contributed by atoms with Crippen molar-refractivity contribution in [2.24, 2.45) is 5.92 Å². The topological polar surface area (TPSA) is 53.3 Å². The Morgan fingerprint density at radius 3 is 3.00 bits per heavy atom. The van der Waals surface area contributed by atoms with Crippen molar-refractivity contribution in [3.05, 3.63) is 0 Å². The number of hydrogen-bond acceptors (Lipinski definition) is 3. The molecule has 1 fully saturated rings. The number of amides is 1. The molecule has 1 heterocycles. The predicted molar refractivity (Wildman–Crippen MR) is 51.4 cm³/mol. The van der Waals surface area contributed by atoms with Gasteiger partial charge in [0.15, 0.2) is 0 Å². The van der Waals surface area contributed by atoms with E-state index in [1.54, 1.807) is 4.90 Å². The summed E-state index contributed by atoms with van der Waals surface area (Å²) in [6.07, 6.45) is 0.262. The Morgan fingerprint density at radius 2 is 2.43 bits per heavy atom. The first-order valence-electron chi connectivity index (χ1n) is 4.89. The van der Waals surface area contributed by atoms with Gasteiger partial charge in [0.2, 0.25) is 5.91 Å². The van der Waals surface area contributed by atoms with Crippen LogP contribution < -0.4 is 0 Å². The molecule has 0 aromatic rings. The molecule has 1 unspecified atom stereocenters. The van der Waals surface area contributed by atoms with Gasteiger partial charge < -0.3 is 9.64 Å². The van der Waals surface area contributed by atoms with Crippen molar-refractivity contribution < 1.29 is 9.53 Å². The van der Waals surface area contributed by atoms with Gasteiger partial charge in [-0.2, -0.15) is 5.26 Å². The molecule has 1 saturated heterocycles.